The number of rotatable bonds is 7. The minimum absolute atomic E-state index is 0.00518. The van der Waals surface area contributed by atoms with Crippen molar-refractivity contribution in [3.8, 4) is 0 Å². The van der Waals surface area contributed by atoms with E-state index in [2.05, 4.69) is 10.0 Å². The molecule has 0 aromatic heterocycles. The minimum Gasteiger partial charge on any atom is -0.322 e. The fourth-order valence-corrected chi connectivity index (χ4v) is 4.65. The molecule has 0 heterocycles. The van der Waals surface area contributed by atoms with E-state index in [9.17, 15) is 21.6 Å². The zero-order valence-corrected chi connectivity index (χ0v) is 20.4. The lowest BCUT2D eigenvalue weighted by Crippen LogP contribution is -2.27. The average Bonchev–Trinajstić information content (AvgIpc) is 2.75. The molecule has 2 N–H and O–H groups in total. The van der Waals surface area contributed by atoms with E-state index in [0.29, 0.717) is 16.4 Å². The number of anilines is 3. The quantitative estimate of drug-likeness (QED) is 0.500. The van der Waals surface area contributed by atoms with Crippen molar-refractivity contribution in [2.75, 3.05) is 27.6 Å². The third kappa shape index (κ3) is 5.84. The molecule has 174 valence electrons. The third-order valence-electron chi connectivity index (χ3n) is 4.83. The molecule has 0 fully saturated rings. The molecule has 3 aromatic carbocycles. The van der Waals surface area contributed by atoms with Crippen LogP contribution in [-0.2, 0) is 20.0 Å². The SMILES string of the molecule is Cc1ccc(NS(=O)(=O)c2ccc(NC(=O)c3ccccc3N(C)S(C)(=O)=O)cc2)cc1Cl. The molecular weight excluding hydrogens is 486 g/mol. The van der Waals surface area contributed by atoms with Gasteiger partial charge >= 0.3 is 0 Å². The molecule has 0 saturated carbocycles. The van der Waals surface area contributed by atoms with E-state index in [-0.39, 0.29) is 16.1 Å². The summed E-state index contributed by atoms with van der Waals surface area (Å²) in [4.78, 5) is 12.8. The molecule has 0 spiro atoms. The predicted molar refractivity (Wildman–Crippen MR) is 131 cm³/mol. The first-order chi connectivity index (χ1) is 15.4. The number of nitrogens with zero attached hydrogens (tertiary/aromatic N) is 1. The van der Waals surface area contributed by atoms with Crippen LogP contribution in [0.3, 0.4) is 0 Å². The van der Waals surface area contributed by atoms with Gasteiger partial charge in [0.15, 0.2) is 0 Å². The van der Waals surface area contributed by atoms with Gasteiger partial charge in [-0.15, -0.1) is 0 Å². The van der Waals surface area contributed by atoms with Crippen molar-refractivity contribution in [3.63, 3.8) is 0 Å². The number of halogens is 1. The van der Waals surface area contributed by atoms with Gasteiger partial charge in [0.05, 0.1) is 28.1 Å². The Labute approximate surface area is 198 Å². The first-order valence-electron chi connectivity index (χ1n) is 9.62. The van der Waals surface area contributed by atoms with Gasteiger partial charge in [-0.3, -0.25) is 13.8 Å². The van der Waals surface area contributed by atoms with Crippen molar-refractivity contribution in [2.45, 2.75) is 11.8 Å². The number of benzene rings is 3. The van der Waals surface area contributed by atoms with Crippen LogP contribution < -0.4 is 14.3 Å². The van der Waals surface area contributed by atoms with Gasteiger partial charge in [-0.25, -0.2) is 16.8 Å². The highest BCUT2D eigenvalue weighted by Gasteiger charge is 2.20. The van der Waals surface area contributed by atoms with E-state index in [4.69, 9.17) is 11.6 Å². The smallest absolute Gasteiger partial charge is 0.261 e. The second-order valence-electron chi connectivity index (χ2n) is 7.30. The van der Waals surface area contributed by atoms with Gasteiger partial charge in [-0.1, -0.05) is 29.8 Å². The summed E-state index contributed by atoms with van der Waals surface area (Å²) in [7, 11) is -6.08. The second kappa shape index (κ2) is 9.42. The molecule has 0 radical (unpaired) electrons. The maximum Gasteiger partial charge on any atom is 0.261 e. The zero-order valence-electron chi connectivity index (χ0n) is 18.0. The maximum atomic E-state index is 12.8. The van der Waals surface area contributed by atoms with Crippen molar-refractivity contribution in [1.29, 1.82) is 0 Å². The molecular formula is C22H22ClN3O5S2. The van der Waals surface area contributed by atoms with Crippen LogP contribution in [0.15, 0.2) is 71.6 Å². The van der Waals surface area contributed by atoms with E-state index >= 15 is 0 Å². The normalized spacial score (nSPS) is 11.6. The third-order valence-corrected chi connectivity index (χ3v) is 7.83. The number of amides is 1. The highest BCUT2D eigenvalue weighted by Crippen LogP contribution is 2.25. The van der Waals surface area contributed by atoms with Crippen LogP contribution >= 0.6 is 11.6 Å². The number of sulfonamides is 2. The lowest BCUT2D eigenvalue weighted by Gasteiger charge is -2.19. The Morgan fingerprint density at radius 2 is 1.52 bits per heavy atom. The molecule has 33 heavy (non-hydrogen) atoms. The summed E-state index contributed by atoms with van der Waals surface area (Å²) in [5, 5.41) is 3.09. The van der Waals surface area contributed by atoms with Crippen LogP contribution in [0, 0.1) is 6.92 Å². The fourth-order valence-electron chi connectivity index (χ4n) is 2.91. The lowest BCUT2D eigenvalue weighted by molar-refractivity contribution is 0.102. The minimum atomic E-state index is -3.87. The summed E-state index contributed by atoms with van der Waals surface area (Å²) in [6.45, 7) is 1.81. The molecule has 0 aliphatic heterocycles. The first-order valence-corrected chi connectivity index (χ1v) is 13.3. The first kappa shape index (κ1) is 24.6. The van der Waals surface area contributed by atoms with Gasteiger partial charge < -0.3 is 5.32 Å². The van der Waals surface area contributed by atoms with Gasteiger partial charge in [0.25, 0.3) is 15.9 Å². The summed E-state index contributed by atoms with van der Waals surface area (Å²) < 4.78 is 52.6. The molecule has 3 aromatic rings. The number of para-hydroxylation sites is 1. The van der Waals surface area contributed by atoms with Gasteiger partial charge in [-0.2, -0.15) is 0 Å². The van der Waals surface area contributed by atoms with Crippen LogP contribution in [0.25, 0.3) is 0 Å². The van der Waals surface area contributed by atoms with Gasteiger partial charge in [0.2, 0.25) is 10.0 Å². The maximum absolute atomic E-state index is 12.8. The van der Waals surface area contributed by atoms with Crippen LogP contribution in [-0.4, -0.2) is 36.0 Å². The van der Waals surface area contributed by atoms with Crippen LogP contribution in [0.5, 0.6) is 0 Å². The van der Waals surface area contributed by atoms with E-state index in [0.717, 1.165) is 16.1 Å². The van der Waals surface area contributed by atoms with E-state index < -0.39 is 26.0 Å². The van der Waals surface area contributed by atoms with Crippen molar-refractivity contribution >= 4 is 54.6 Å². The summed E-state index contributed by atoms with van der Waals surface area (Å²) >= 11 is 6.05. The summed E-state index contributed by atoms with van der Waals surface area (Å²) in [5.41, 5.74) is 1.87. The number of hydrogen-bond acceptors (Lipinski definition) is 5. The van der Waals surface area contributed by atoms with Crippen molar-refractivity contribution in [1.82, 2.24) is 0 Å². The molecule has 0 atom stereocenters. The van der Waals surface area contributed by atoms with Crippen molar-refractivity contribution in [3.05, 3.63) is 82.9 Å². The monoisotopic (exact) mass is 507 g/mol. The van der Waals surface area contributed by atoms with Gasteiger partial charge in [0, 0.05) is 17.8 Å². The zero-order chi connectivity index (χ0) is 24.4. The Bertz CT molecular complexity index is 1410. The van der Waals surface area contributed by atoms with Crippen LogP contribution in [0.1, 0.15) is 15.9 Å². The van der Waals surface area contributed by atoms with Crippen molar-refractivity contribution < 1.29 is 21.6 Å². The van der Waals surface area contributed by atoms with Crippen molar-refractivity contribution in [2.24, 2.45) is 0 Å². The van der Waals surface area contributed by atoms with Gasteiger partial charge in [0.1, 0.15) is 0 Å². The Balaban J connectivity index is 1.79. The Morgan fingerprint density at radius 3 is 2.12 bits per heavy atom. The highest BCUT2D eigenvalue weighted by atomic mass is 35.5. The number of aryl methyl sites for hydroxylation is 1. The number of hydrogen-bond donors (Lipinski definition) is 2. The number of nitrogens with one attached hydrogen (secondary N) is 2. The molecule has 8 nitrogen and oxygen atoms in total. The Kier molecular flexibility index (Phi) is 7.01. The summed E-state index contributed by atoms with van der Waals surface area (Å²) in [5.74, 6) is -0.538. The summed E-state index contributed by atoms with van der Waals surface area (Å²) in [6, 6.07) is 16.7. The lowest BCUT2D eigenvalue weighted by atomic mass is 10.1. The highest BCUT2D eigenvalue weighted by molar-refractivity contribution is 7.92. The molecule has 0 bridgehead atoms. The molecule has 0 aliphatic carbocycles. The standard InChI is InChI=1S/C22H22ClN3O5S2/c1-15-8-9-17(14-20(15)23)25-33(30,31)18-12-10-16(11-13-18)24-22(27)19-6-4-5-7-21(19)26(2)32(3,28)29/h4-14,25H,1-3H3,(H,24,27). The van der Waals surface area contributed by atoms with E-state index in [1.165, 1.54) is 49.5 Å². The summed E-state index contributed by atoms with van der Waals surface area (Å²) in [6.07, 6.45) is 1.04. The molecule has 0 saturated heterocycles. The fraction of sp³-hybridized carbons (Fsp3) is 0.136. The van der Waals surface area contributed by atoms with Gasteiger partial charge in [-0.05, 0) is 61.0 Å². The largest absolute Gasteiger partial charge is 0.322 e. The van der Waals surface area contributed by atoms with Crippen LogP contribution in [0.4, 0.5) is 17.1 Å². The predicted octanol–water partition coefficient (Wildman–Crippen LogP) is 4.10. The molecule has 11 heteroatoms. The molecule has 0 aliphatic rings. The average molecular weight is 508 g/mol. The van der Waals surface area contributed by atoms with E-state index in [1.54, 1.807) is 24.3 Å². The molecule has 3 rings (SSSR count). The molecule has 1 amide bonds. The van der Waals surface area contributed by atoms with Crippen LogP contribution in [0.2, 0.25) is 5.02 Å². The van der Waals surface area contributed by atoms with E-state index in [1.807, 2.05) is 6.92 Å². The number of carbonyl (C=O) groups excluding carboxylic acids is 1. The number of carbonyl (C=O) groups is 1. The second-order valence-corrected chi connectivity index (χ2v) is 11.4. The topological polar surface area (TPSA) is 113 Å². The molecule has 0 unspecified atom stereocenters. The Hall–Kier alpha value is -3.08. The Morgan fingerprint density at radius 1 is 0.909 bits per heavy atom.